The zero-order valence-corrected chi connectivity index (χ0v) is 25.8. The van der Waals surface area contributed by atoms with Gasteiger partial charge in [-0.25, -0.2) is 0 Å². The van der Waals surface area contributed by atoms with Crippen molar-refractivity contribution in [3.8, 4) is 0 Å². The molecule has 0 aromatic heterocycles. The summed E-state index contributed by atoms with van der Waals surface area (Å²) in [7, 11) is -2.43. The van der Waals surface area contributed by atoms with E-state index in [4.69, 9.17) is 9.42 Å². The third-order valence-electron chi connectivity index (χ3n) is 9.67. The summed E-state index contributed by atoms with van der Waals surface area (Å²) in [5.41, 5.74) is 6.57. The molecule has 220 valence electrons. The number of unbranched alkanes of at least 4 members (excludes halogenated alkanes) is 8. The second kappa shape index (κ2) is 18.1. The van der Waals surface area contributed by atoms with Crippen molar-refractivity contribution < 1.29 is 14.0 Å². The van der Waals surface area contributed by atoms with Crippen molar-refractivity contribution in [2.75, 3.05) is 6.61 Å². The van der Waals surface area contributed by atoms with Crippen LogP contribution < -0.4 is 0 Å². The highest BCUT2D eigenvalue weighted by Gasteiger charge is 2.27. The number of benzene rings is 2. The van der Waals surface area contributed by atoms with E-state index in [2.05, 4.69) is 48.5 Å². The molecule has 4 rings (SSSR count). The van der Waals surface area contributed by atoms with Gasteiger partial charge in [0.15, 0.2) is 0 Å². The molecule has 0 spiro atoms. The minimum absolute atomic E-state index is 0.403. The minimum atomic E-state index is -2.43. The maximum atomic E-state index is 10.6. The SMILES string of the molecule is O=[P+](O)OCCCCCCCCCCCC(c1ccccc1C1CCCCC1)c1ccccc1C1CCCCC1. The zero-order valence-electron chi connectivity index (χ0n) is 24.9. The first-order chi connectivity index (χ1) is 19.7. The van der Waals surface area contributed by atoms with Crippen LogP contribution in [0.5, 0.6) is 0 Å². The molecule has 2 aliphatic rings. The van der Waals surface area contributed by atoms with E-state index in [0.29, 0.717) is 12.5 Å². The maximum Gasteiger partial charge on any atom is 0.694 e. The second-order valence-electron chi connectivity index (χ2n) is 12.5. The summed E-state index contributed by atoms with van der Waals surface area (Å²) in [5, 5.41) is 0. The minimum Gasteiger partial charge on any atom is -0.133 e. The van der Waals surface area contributed by atoms with Crippen LogP contribution in [0.25, 0.3) is 0 Å². The van der Waals surface area contributed by atoms with Gasteiger partial charge in [-0.2, -0.15) is 0 Å². The molecule has 4 heteroatoms. The van der Waals surface area contributed by atoms with Crippen molar-refractivity contribution in [2.24, 2.45) is 0 Å². The monoisotopic (exact) mass is 565 g/mol. The Hall–Kier alpha value is -1.54. The lowest BCUT2D eigenvalue weighted by Gasteiger charge is -2.31. The summed E-state index contributed by atoms with van der Waals surface area (Å²) >= 11 is 0. The summed E-state index contributed by atoms with van der Waals surface area (Å²) < 4.78 is 15.3. The van der Waals surface area contributed by atoms with Crippen molar-refractivity contribution in [2.45, 2.75) is 146 Å². The molecular weight excluding hydrogens is 511 g/mol. The third kappa shape index (κ3) is 10.1. The van der Waals surface area contributed by atoms with Gasteiger partial charge in [0.25, 0.3) is 0 Å². The van der Waals surface area contributed by atoms with E-state index < -0.39 is 8.25 Å². The van der Waals surface area contributed by atoms with Crippen molar-refractivity contribution in [1.82, 2.24) is 0 Å². The van der Waals surface area contributed by atoms with Crippen molar-refractivity contribution in [3.05, 3.63) is 70.8 Å². The molecule has 0 aliphatic heterocycles. The van der Waals surface area contributed by atoms with E-state index in [1.807, 2.05) is 0 Å². The van der Waals surface area contributed by atoms with Gasteiger partial charge in [0.1, 0.15) is 6.61 Å². The highest BCUT2D eigenvalue weighted by atomic mass is 31.1. The third-order valence-corrected chi connectivity index (χ3v) is 10.1. The zero-order chi connectivity index (χ0) is 27.8. The van der Waals surface area contributed by atoms with Crippen molar-refractivity contribution in [3.63, 3.8) is 0 Å². The molecular formula is C36H54O3P+. The Balaban J connectivity index is 1.36. The van der Waals surface area contributed by atoms with Gasteiger partial charge in [0.2, 0.25) is 0 Å². The first-order valence-corrected chi connectivity index (χ1v) is 17.8. The molecule has 40 heavy (non-hydrogen) atoms. The summed E-state index contributed by atoms with van der Waals surface area (Å²) in [6.45, 7) is 0.403. The van der Waals surface area contributed by atoms with Crippen molar-refractivity contribution >= 4 is 8.25 Å². The number of hydrogen-bond donors (Lipinski definition) is 1. The molecule has 3 nitrogen and oxygen atoms in total. The van der Waals surface area contributed by atoms with E-state index in [1.54, 1.807) is 22.3 Å². The molecule has 1 unspecified atom stereocenters. The first-order valence-electron chi connectivity index (χ1n) is 16.7. The lowest BCUT2D eigenvalue weighted by molar-refractivity contribution is 0.273. The normalized spacial score (nSPS) is 17.4. The smallest absolute Gasteiger partial charge is 0.133 e. The first kappa shape index (κ1) is 31.4. The number of rotatable bonds is 17. The van der Waals surface area contributed by atoms with Crippen LogP contribution >= 0.6 is 8.25 Å². The maximum absolute atomic E-state index is 10.6. The second-order valence-corrected chi connectivity index (χ2v) is 13.3. The van der Waals surface area contributed by atoms with E-state index in [-0.39, 0.29) is 0 Å². The van der Waals surface area contributed by atoms with Crippen LogP contribution in [0.3, 0.4) is 0 Å². The molecule has 0 saturated heterocycles. The molecule has 2 saturated carbocycles. The Morgan fingerprint density at radius 3 is 1.52 bits per heavy atom. The van der Waals surface area contributed by atoms with E-state index in [0.717, 1.165) is 24.7 Å². The van der Waals surface area contributed by atoms with Crippen LogP contribution in [0.4, 0.5) is 0 Å². The van der Waals surface area contributed by atoms with E-state index in [1.165, 1.54) is 116 Å². The molecule has 2 aliphatic carbocycles. The van der Waals surface area contributed by atoms with Crippen LogP contribution in [0, 0.1) is 0 Å². The van der Waals surface area contributed by atoms with Gasteiger partial charge in [-0.05, 0) is 72.6 Å². The Kier molecular flexibility index (Phi) is 14.2. The highest BCUT2D eigenvalue weighted by molar-refractivity contribution is 7.32. The van der Waals surface area contributed by atoms with Gasteiger partial charge >= 0.3 is 8.25 Å². The van der Waals surface area contributed by atoms with Crippen molar-refractivity contribution in [1.29, 1.82) is 0 Å². The summed E-state index contributed by atoms with van der Waals surface area (Å²) in [6, 6.07) is 19.1. The van der Waals surface area contributed by atoms with Gasteiger partial charge in [0, 0.05) is 10.5 Å². The molecule has 0 heterocycles. The fraction of sp³-hybridized carbons (Fsp3) is 0.667. The Labute approximate surface area is 245 Å². The van der Waals surface area contributed by atoms with Crippen LogP contribution in [0.2, 0.25) is 0 Å². The molecule has 0 amide bonds. The van der Waals surface area contributed by atoms with Gasteiger partial charge in [-0.1, -0.05) is 138 Å². The Morgan fingerprint density at radius 1 is 0.625 bits per heavy atom. The molecule has 1 N–H and O–H groups in total. The fourth-order valence-electron chi connectivity index (χ4n) is 7.54. The van der Waals surface area contributed by atoms with Gasteiger partial charge in [-0.15, -0.1) is 9.42 Å². The quantitative estimate of drug-likeness (QED) is 0.153. The Bertz CT molecular complexity index is 932. The summed E-state index contributed by atoms with van der Waals surface area (Å²) in [6.07, 6.45) is 26.1. The van der Waals surface area contributed by atoms with E-state index >= 15 is 0 Å². The predicted octanol–water partition coefficient (Wildman–Crippen LogP) is 11.5. The standard InChI is InChI=1S/C36H53O3P/c37-40(38)39-29-19-7-5-3-1-2-4-6-14-26-36(34-27-17-15-24-32(34)30-20-10-8-11-21-30)35-28-18-16-25-33(35)31-22-12-9-13-23-31/h15-18,24-25,27-28,30-31,36H,1-14,19-23,26,29H2/p+1. The van der Waals surface area contributed by atoms with Crippen LogP contribution in [0.15, 0.2) is 48.5 Å². The average Bonchev–Trinajstić information content (AvgIpc) is 3.00. The van der Waals surface area contributed by atoms with Crippen LogP contribution in [-0.4, -0.2) is 11.5 Å². The lowest BCUT2D eigenvalue weighted by Crippen LogP contribution is -2.14. The molecule has 2 aromatic rings. The van der Waals surface area contributed by atoms with Crippen LogP contribution in [0.1, 0.15) is 168 Å². The molecule has 2 fully saturated rings. The van der Waals surface area contributed by atoms with Gasteiger partial charge in [0.05, 0.1) is 0 Å². The average molecular weight is 566 g/mol. The van der Waals surface area contributed by atoms with Gasteiger partial charge < -0.3 is 0 Å². The summed E-state index contributed by atoms with van der Waals surface area (Å²) in [4.78, 5) is 8.69. The summed E-state index contributed by atoms with van der Waals surface area (Å²) in [5.74, 6) is 2.01. The topological polar surface area (TPSA) is 46.5 Å². The molecule has 0 bridgehead atoms. The largest absolute Gasteiger partial charge is 0.694 e. The van der Waals surface area contributed by atoms with E-state index in [9.17, 15) is 4.57 Å². The van der Waals surface area contributed by atoms with Crippen LogP contribution in [-0.2, 0) is 9.09 Å². The predicted molar refractivity (Wildman–Crippen MR) is 168 cm³/mol. The Morgan fingerprint density at radius 2 is 1.05 bits per heavy atom. The van der Waals surface area contributed by atoms with Gasteiger partial charge in [-0.3, -0.25) is 0 Å². The molecule has 1 atom stereocenters. The number of hydrogen-bond acceptors (Lipinski definition) is 2. The molecule has 2 aromatic carbocycles. The highest BCUT2D eigenvalue weighted by Crippen LogP contribution is 2.44. The molecule has 0 radical (unpaired) electrons. The fourth-order valence-corrected chi connectivity index (χ4v) is 7.82. The lowest BCUT2D eigenvalue weighted by atomic mass is 9.73.